The molecule has 0 heterocycles. The minimum Gasteiger partial charge on any atom is -0.495 e. The Morgan fingerprint density at radius 3 is 2.14 bits per heavy atom. The molecule has 3 aromatic carbocycles. The number of nitrogens with zero attached hydrogens (tertiary/aromatic N) is 2. The van der Waals surface area contributed by atoms with Crippen LogP contribution >= 0.6 is 34.8 Å². The maximum absolute atomic E-state index is 14.2. The van der Waals surface area contributed by atoms with Gasteiger partial charge in [-0.15, -0.1) is 0 Å². The van der Waals surface area contributed by atoms with E-state index in [0.29, 0.717) is 15.6 Å². The second kappa shape index (κ2) is 14.5. The third-order valence-electron chi connectivity index (χ3n) is 6.47. The number of carbonyl (C=O) groups excluding carboxylic acids is 2. The fourth-order valence-corrected chi connectivity index (χ4v) is 6.39. The van der Waals surface area contributed by atoms with E-state index in [9.17, 15) is 18.0 Å². The molecule has 1 N–H and O–H groups in total. The number of ether oxygens (including phenoxy) is 1. The smallest absolute Gasteiger partial charge is 0.264 e. The average Bonchev–Trinajstić information content (AvgIpc) is 2.92. The number of anilines is 1. The van der Waals surface area contributed by atoms with Crippen molar-refractivity contribution in [1.29, 1.82) is 0 Å². The first kappa shape index (κ1) is 33.5. The van der Waals surface area contributed by atoms with Crippen molar-refractivity contribution in [2.45, 2.75) is 57.6 Å². The van der Waals surface area contributed by atoms with E-state index >= 15 is 0 Å². The summed E-state index contributed by atoms with van der Waals surface area (Å²) in [4.78, 5) is 28.8. The van der Waals surface area contributed by atoms with E-state index in [2.05, 4.69) is 5.32 Å². The highest BCUT2D eigenvalue weighted by molar-refractivity contribution is 7.92. The van der Waals surface area contributed by atoms with Crippen molar-refractivity contribution in [3.05, 3.63) is 86.9 Å². The molecule has 0 fully saturated rings. The molecule has 0 aliphatic heterocycles. The lowest BCUT2D eigenvalue weighted by Crippen LogP contribution is -2.53. The van der Waals surface area contributed by atoms with Crippen molar-refractivity contribution < 1.29 is 22.7 Å². The van der Waals surface area contributed by atoms with Gasteiger partial charge in [-0.25, -0.2) is 8.42 Å². The van der Waals surface area contributed by atoms with Gasteiger partial charge >= 0.3 is 0 Å². The predicted octanol–water partition coefficient (Wildman–Crippen LogP) is 6.49. The Morgan fingerprint density at radius 1 is 0.952 bits per heavy atom. The van der Waals surface area contributed by atoms with Gasteiger partial charge in [-0.3, -0.25) is 13.9 Å². The van der Waals surface area contributed by atoms with Crippen LogP contribution in [0.2, 0.25) is 15.1 Å². The predicted molar refractivity (Wildman–Crippen MR) is 168 cm³/mol. The number of carbonyl (C=O) groups is 2. The number of aryl methyl sites for hydroxylation is 1. The summed E-state index contributed by atoms with van der Waals surface area (Å²) in [5, 5.41) is 3.82. The number of sulfonamides is 1. The second-order valence-corrected chi connectivity index (χ2v) is 13.1. The van der Waals surface area contributed by atoms with Gasteiger partial charge in [-0.2, -0.15) is 0 Å². The summed E-state index contributed by atoms with van der Waals surface area (Å²) in [6, 6.07) is 14.5. The van der Waals surface area contributed by atoms with Crippen LogP contribution in [0.15, 0.2) is 65.6 Å². The van der Waals surface area contributed by atoms with Gasteiger partial charge in [0.1, 0.15) is 18.3 Å². The number of rotatable bonds is 12. The van der Waals surface area contributed by atoms with Crippen molar-refractivity contribution in [1.82, 2.24) is 10.2 Å². The van der Waals surface area contributed by atoms with Crippen molar-refractivity contribution in [2.24, 2.45) is 0 Å². The highest BCUT2D eigenvalue weighted by atomic mass is 35.5. The average molecular weight is 655 g/mol. The Labute approximate surface area is 262 Å². The van der Waals surface area contributed by atoms with Crippen molar-refractivity contribution >= 4 is 62.3 Å². The van der Waals surface area contributed by atoms with Crippen LogP contribution in [-0.4, -0.2) is 50.9 Å². The standard InChI is InChI=1S/C30H34Cl3N3O5S/c1-6-26(30(38)34-19(2)3)35(17-21-9-10-22(31)15-25(21)33)29(37)18-36(27-16-23(32)11-14-28(27)41-5)42(39,40)24-12-7-20(4)8-13-24/h7-16,19,26H,6,17-18H2,1-5H3,(H,34,38)/t26-/m1/s1. The first-order chi connectivity index (χ1) is 19.8. The third-order valence-corrected chi connectivity index (χ3v) is 9.07. The Bertz CT molecular complexity index is 1530. The van der Waals surface area contributed by atoms with Gasteiger partial charge in [0.05, 0.1) is 17.7 Å². The SMILES string of the molecule is CC[C@H](C(=O)NC(C)C)N(Cc1ccc(Cl)cc1Cl)C(=O)CN(c1cc(Cl)ccc1OC)S(=O)(=O)c1ccc(C)cc1. The Hall–Kier alpha value is -2.98. The third kappa shape index (κ3) is 8.10. The Balaban J connectivity index is 2.16. The Morgan fingerprint density at radius 2 is 1.57 bits per heavy atom. The molecule has 2 amide bonds. The zero-order valence-corrected chi connectivity index (χ0v) is 27.1. The summed E-state index contributed by atoms with van der Waals surface area (Å²) in [6.45, 7) is 6.52. The Kier molecular flexibility index (Phi) is 11.5. The second-order valence-electron chi connectivity index (χ2n) is 9.99. The topological polar surface area (TPSA) is 96.0 Å². The normalized spacial score (nSPS) is 12.1. The fraction of sp³-hybridized carbons (Fsp3) is 0.333. The van der Waals surface area contributed by atoms with E-state index in [0.717, 1.165) is 9.87 Å². The van der Waals surface area contributed by atoms with Crippen LogP contribution in [0.5, 0.6) is 5.75 Å². The molecule has 0 unspecified atom stereocenters. The first-order valence-electron chi connectivity index (χ1n) is 13.2. The van der Waals surface area contributed by atoms with Crippen molar-refractivity contribution in [3.8, 4) is 5.75 Å². The molecule has 0 aliphatic carbocycles. The molecule has 3 rings (SSSR count). The largest absolute Gasteiger partial charge is 0.495 e. The van der Waals surface area contributed by atoms with E-state index in [1.807, 2.05) is 20.8 Å². The lowest BCUT2D eigenvalue weighted by Gasteiger charge is -2.34. The molecule has 1 atom stereocenters. The zero-order valence-electron chi connectivity index (χ0n) is 24.0. The molecule has 12 heteroatoms. The lowest BCUT2D eigenvalue weighted by molar-refractivity contribution is -0.140. The molecule has 0 spiro atoms. The molecule has 8 nitrogen and oxygen atoms in total. The van der Waals surface area contributed by atoms with Crippen molar-refractivity contribution in [3.63, 3.8) is 0 Å². The highest BCUT2D eigenvalue weighted by Crippen LogP contribution is 2.35. The summed E-state index contributed by atoms with van der Waals surface area (Å²) in [5.41, 5.74) is 1.48. The zero-order chi connectivity index (χ0) is 31.2. The van der Waals surface area contributed by atoms with Gasteiger partial charge in [0.15, 0.2) is 0 Å². The monoisotopic (exact) mass is 653 g/mol. The maximum atomic E-state index is 14.2. The lowest BCUT2D eigenvalue weighted by atomic mass is 10.1. The van der Waals surface area contributed by atoms with E-state index in [1.54, 1.807) is 43.3 Å². The molecule has 3 aromatic rings. The van der Waals surface area contributed by atoms with E-state index in [4.69, 9.17) is 39.5 Å². The minimum absolute atomic E-state index is 0.0279. The maximum Gasteiger partial charge on any atom is 0.264 e. The van der Waals surface area contributed by atoms with Crippen LogP contribution in [0.1, 0.15) is 38.3 Å². The van der Waals surface area contributed by atoms with Gasteiger partial charge in [-0.1, -0.05) is 65.5 Å². The molecule has 0 bridgehead atoms. The van der Waals surface area contributed by atoms with Gasteiger partial charge in [0.25, 0.3) is 10.0 Å². The van der Waals surface area contributed by atoms with E-state index < -0.39 is 28.5 Å². The number of methoxy groups -OCH3 is 1. The number of benzene rings is 3. The van der Waals surface area contributed by atoms with Gasteiger partial charge < -0.3 is 15.0 Å². The van der Waals surface area contributed by atoms with Gasteiger partial charge in [0.2, 0.25) is 11.8 Å². The van der Waals surface area contributed by atoms with Crippen LogP contribution < -0.4 is 14.4 Å². The molecular weight excluding hydrogens is 621 g/mol. The van der Waals surface area contributed by atoms with Crippen molar-refractivity contribution in [2.75, 3.05) is 18.0 Å². The molecule has 0 saturated carbocycles. The van der Waals surface area contributed by atoms with Gasteiger partial charge in [0, 0.05) is 27.7 Å². The van der Waals surface area contributed by atoms with E-state index in [-0.39, 0.29) is 46.3 Å². The van der Waals surface area contributed by atoms with Gasteiger partial charge in [-0.05, 0) is 75.2 Å². The summed E-state index contributed by atoms with van der Waals surface area (Å²) in [6.07, 6.45) is 0.265. The molecule has 0 aliphatic rings. The number of nitrogens with one attached hydrogen (secondary N) is 1. The quantitative estimate of drug-likeness (QED) is 0.241. The fourth-order valence-electron chi connectivity index (χ4n) is 4.34. The molecular formula is C30H34Cl3N3O5S. The molecule has 0 radical (unpaired) electrons. The molecule has 226 valence electrons. The minimum atomic E-state index is -4.30. The number of hydrogen-bond donors (Lipinski definition) is 1. The summed E-state index contributed by atoms with van der Waals surface area (Å²) in [7, 11) is -2.91. The summed E-state index contributed by atoms with van der Waals surface area (Å²) < 4.78 is 34.6. The van der Waals surface area contributed by atoms with Crippen LogP contribution in [0.3, 0.4) is 0 Å². The molecule has 0 saturated heterocycles. The van der Waals surface area contributed by atoms with Crippen LogP contribution in [0.25, 0.3) is 0 Å². The van der Waals surface area contributed by atoms with E-state index in [1.165, 1.54) is 36.3 Å². The molecule has 42 heavy (non-hydrogen) atoms. The van der Waals surface area contributed by atoms with Crippen LogP contribution in [-0.2, 0) is 26.2 Å². The number of amides is 2. The van der Waals surface area contributed by atoms with Crippen LogP contribution in [0.4, 0.5) is 5.69 Å². The number of halogens is 3. The molecule has 0 aromatic heterocycles. The first-order valence-corrected chi connectivity index (χ1v) is 15.8. The summed E-state index contributed by atoms with van der Waals surface area (Å²) >= 11 is 18.8. The van der Waals surface area contributed by atoms with Crippen LogP contribution in [0, 0.1) is 6.92 Å². The highest BCUT2D eigenvalue weighted by Gasteiger charge is 2.35. The number of hydrogen-bond acceptors (Lipinski definition) is 5. The summed E-state index contributed by atoms with van der Waals surface area (Å²) in [5.74, 6) is -0.816.